The second kappa shape index (κ2) is 6.22. The van der Waals surface area contributed by atoms with E-state index in [1.165, 1.54) is 4.90 Å². The molecule has 0 N–H and O–H groups in total. The molecule has 2 saturated heterocycles. The number of para-hydroxylation sites is 1. The summed E-state index contributed by atoms with van der Waals surface area (Å²) in [5, 5.41) is 0. The minimum atomic E-state index is -0.227. The molecule has 4 aliphatic rings. The fourth-order valence-corrected chi connectivity index (χ4v) is 5.21. The van der Waals surface area contributed by atoms with Crippen molar-refractivity contribution in [1.29, 1.82) is 0 Å². The third-order valence-corrected chi connectivity index (χ3v) is 6.61. The van der Waals surface area contributed by atoms with E-state index in [4.69, 9.17) is 0 Å². The van der Waals surface area contributed by atoms with Gasteiger partial charge in [-0.25, -0.2) is 0 Å². The van der Waals surface area contributed by atoms with Crippen LogP contribution in [0.1, 0.15) is 6.42 Å². The number of piperazine rings is 1. The van der Waals surface area contributed by atoms with Gasteiger partial charge in [0.05, 0.1) is 11.8 Å². The van der Waals surface area contributed by atoms with Gasteiger partial charge in [-0.3, -0.25) is 19.3 Å². The molecular formula is C21H23N3O3. The second-order valence-corrected chi connectivity index (χ2v) is 7.97. The van der Waals surface area contributed by atoms with Gasteiger partial charge in [0.25, 0.3) is 0 Å². The molecule has 1 aromatic carbocycles. The van der Waals surface area contributed by atoms with Crippen molar-refractivity contribution in [2.45, 2.75) is 6.42 Å². The number of allylic oxidation sites excluding steroid dienone is 2. The third kappa shape index (κ3) is 2.58. The Morgan fingerprint density at radius 3 is 2.07 bits per heavy atom. The summed E-state index contributed by atoms with van der Waals surface area (Å²) in [6.07, 6.45) is 5.06. The van der Waals surface area contributed by atoms with Gasteiger partial charge in [0, 0.05) is 31.9 Å². The van der Waals surface area contributed by atoms with Crippen LogP contribution in [0.25, 0.3) is 0 Å². The molecule has 6 heteroatoms. The smallest absolute Gasteiger partial charge is 0.242 e. The first-order valence-corrected chi connectivity index (χ1v) is 9.75. The number of rotatable bonds is 3. The zero-order chi connectivity index (χ0) is 18.5. The van der Waals surface area contributed by atoms with Gasteiger partial charge in [-0.1, -0.05) is 30.4 Å². The number of hydrogen-bond donors (Lipinski definition) is 0. The molecule has 27 heavy (non-hydrogen) atoms. The highest BCUT2D eigenvalue weighted by Gasteiger charge is 2.59. The monoisotopic (exact) mass is 365 g/mol. The van der Waals surface area contributed by atoms with E-state index in [9.17, 15) is 14.4 Å². The molecule has 0 aromatic heterocycles. The van der Waals surface area contributed by atoms with Crippen LogP contribution in [0.4, 0.5) is 5.69 Å². The topological polar surface area (TPSA) is 60.9 Å². The minimum Gasteiger partial charge on any atom is -0.368 e. The predicted octanol–water partition coefficient (Wildman–Crippen LogP) is 1.14. The van der Waals surface area contributed by atoms with Crippen molar-refractivity contribution in [3.05, 3.63) is 42.5 Å². The quantitative estimate of drug-likeness (QED) is 0.595. The second-order valence-electron chi connectivity index (χ2n) is 7.97. The largest absolute Gasteiger partial charge is 0.368 e. The van der Waals surface area contributed by atoms with E-state index in [-0.39, 0.29) is 47.9 Å². The predicted molar refractivity (Wildman–Crippen MR) is 99.7 cm³/mol. The standard InChI is InChI=1S/C21H23N3O3/c25-17(23-10-8-22(9-11-23)16-4-2-1-3-5-16)13-24-20(26)18-14-6-7-15(12-14)19(18)21(24)27/h1-7,14-15,18-19H,8-13H2/t14-,15-,18+,19+/m0/s1. The highest BCUT2D eigenvalue weighted by atomic mass is 16.2. The van der Waals surface area contributed by atoms with Crippen molar-refractivity contribution < 1.29 is 14.4 Å². The van der Waals surface area contributed by atoms with E-state index in [2.05, 4.69) is 29.2 Å². The van der Waals surface area contributed by atoms with E-state index >= 15 is 0 Å². The number of amides is 3. The number of benzene rings is 1. The highest BCUT2D eigenvalue weighted by Crippen LogP contribution is 2.52. The first-order valence-electron chi connectivity index (χ1n) is 9.75. The lowest BCUT2D eigenvalue weighted by Crippen LogP contribution is -2.52. The first kappa shape index (κ1) is 16.5. The Labute approximate surface area is 158 Å². The van der Waals surface area contributed by atoms with Crippen molar-refractivity contribution in [1.82, 2.24) is 9.80 Å². The van der Waals surface area contributed by atoms with Crippen LogP contribution < -0.4 is 4.90 Å². The summed E-state index contributed by atoms with van der Waals surface area (Å²) in [6, 6.07) is 10.2. The number of imide groups is 1. The van der Waals surface area contributed by atoms with Crippen molar-refractivity contribution in [3.8, 4) is 0 Å². The Kier molecular flexibility index (Phi) is 3.81. The van der Waals surface area contributed by atoms with Crippen LogP contribution in [0.15, 0.2) is 42.5 Å². The Bertz CT molecular complexity index is 783. The molecule has 5 rings (SSSR count). The summed E-state index contributed by atoms with van der Waals surface area (Å²) >= 11 is 0. The number of likely N-dealkylation sites (tertiary alicyclic amines) is 1. The summed E-state index contributed by atoms with van der Waals surface area (Å²) in [6.45, 7) is 2.65. The summed E-state index contributed by atoms with van der Waals surface area (Å²) in [7, 11) is 0. The van der Waals surface area contributed by atoms with Gasteiger partial charge in [0.2, 0.25) is 17.7 Å². The SMILES string of the molecule is O=C(CN1C(=O)[C@H]2[C@H](C1=O)[C@H]1C=C[C@H]2C1)N1CCN(c2ccccc2)CC1. The number of carbonyl (C=O) groups excluding carboxylic acids is 3. The number of carbonyl (C=O) groups is 3. The van der Waals surface area contributed by atoms with Gasteiger partial charge in [0.15, 0.2) is 0 Å². The number of anilines is 1. The summed E-state index contributed by atoms with van der Waals surface area (Å²) < 4.78 is 0. The minimum absolute atomic E-state index is 0.102. The van der Waals surface area contributed by atoms with Crippen molar-refractivity contribution in [2.24, 2.45) is 23.7 Å². The molecule has 2 aliphatic carbocycles. The molecule has 2 heterocycles. The number of hydrogen-bond acceptors (Lipinski definition) is 4. The van der Waals surface area contributed by atoms with Gasteiger partial charge in [-0.15, -0.1) is 0 Å². The van der Waals surface area contributed by atoms with Crippen molar-refractivity contribution in [3.63, 3.8) is 0 Å². The fraction of sp³-hybridized carbons (Fsp3) is 0.476. The van der Waals surface area contributed by atoms with Crippen LogP contribution in [-0.2, 0) is 14.4 Å². The van der Waals surface area contributed by atoms with E-state index in [1.54, 1.807) is 4.90 Å². The van der Waals surface area contributed by atoms with Gasteiger partial charge >= 0.3 is 0 Å². The molecule has 0 unspecified atom stereocenters. The van der Waals surface area contributed by atoms with Crippen molar-refractivity contribution >= 4 is 23.4 Å². The van der Waals surface area contributed by atoms with E-state index in [1.807, 2.05) is 18.2 Å². The Morgan fingerprint density at radius 1 is 0.889 bits per heavy atom. The van der Waals surface area contributed by atoms with Gasteiger partial charge in [0.1, 0.15) is 6.54 Å². The molecule has 2 aliphatic heterocycles. The maximum atomic E-state index is 12.7. The van der Waals surface area contributed by atoms with Crippen molar-refractivity contribution in [2.75, 3.05) is 37.6 Å². The molecule has 2 bridgehead atoms. The number of fused-ring (bicyclic) bond motifs is 5. The van der Waals surface area contributed by atoms with Crippen LogP contribution in [0.3, 0.4) is 0 Å². The van der Waals surface area contributed by atoms with E-state index in [0.717, 1.165) is 25.2 Å². The zero-order valence-electron chi connectivity index (χ0n) is 15.2. The summed E-state index contributed by atoms with van der Waals surface area (Å²) in [5.41, 5.74) is 1.16. The van der Waals surface area contributed by atoms with Crippen LogP contribution in [0.2, 0.25) is 0 Å². The van der Waals surface area contributed by atoms with E-state index in [0.29, 0.717) is 13.1 Å². The molecule has 4 atom stereocenters. The number of nitrogens with zero attached hydrogens (tertiary/aromatic N) is 3. The normalized spacial score (nSPS) is 31.8. The lowest BCUT2D eigenvalue weighted by Gasteiger charge is -2.36. The lowest BCUT2D eigenvalue weighted by atomic mass is 9.85. The summed E-state index contributed by atoms with van der Waals surface area (Å²) in [5.74, 6) is -0.483. The average molecular weight is 365 g/mol. The lowest BCUT2D eigenvalue weighted by molar-refractivity contribution is -0.147. The average Bonchev–Trinajstić information content (AvgIpc) is 3.39. The van der Waals surface area contributed by atoms with Crippen LogP contribution in [0.5, 0.6) is 0 Å². The van der Waals surface area contributed by atoms with Gasteiger partial charge in [-0.05, 0) is 30.4 Å². The molecule has 1 saturated carbocycles. The first-order chi connectivity index (χ1) is 13.1. The van der Waals surface area contributed by atoms with Crippen LogP contribution in [-0.4, -0.2) is 60.2 Å². The molecule has 3 fully saturated rings. The maximum absolute atomic E-state index is 12.7. The highest BCUT2D eigenvalue weighted by molar-refractivity contribution is 6.08. The molecular weight excluding hydrogens is 342 g/mol. The van der Waals surface area contributed by atoms with Gasteiger partial charge < -0.3 is 9.80 Å². The fourth-order valence-electron chi connectivity index (χ4n) is 5.21. The summed E-state index contributed by atoms with van der Waals surface area (Å²) in [4.78, 5) is 43.5. The zero-order valence-corrected chi connectivity index (χ0v) is 15.2. The maximum Gasteiger partial charge on any atom is 0.242 e. The Balaban J connectivity index is 1.21. The Morgan fingerprint density at radius 2 is 1.48 bits per heavy atom. The molecule has 0 spiro atoms. The molecule has 0 radical (unpaired) electrons. The third-order valence-electron chi connectivity index (χ3n) is 6.61. The molecule has 6 nitrogen and oxygen atoms in total. The molecule has 140 valence electrons. The molecule has 3 amide bonds. The van der Waals surface area contributed by atoms with Gasteiger partial charge in [-0.2, -0.15) is 0 Å². The Hall–Kier alpha value is -2.63. The van der Waals surface area contributed by atoms with Crippen LogP contribution in [0, 0.1) is 23.7 Å². The molecule has 1 aromatic rings. The van der Waals surface area contributed by atoms with E-state index < -0.39 is 0 Å². The van der Waals surface area contributed by atoms with Crippen LogP contribution >= 0.6 is 0 Å².